The van der Waals surface area contributed by atoms with Crippen molar-refractivity contribution in [1.82, 2.24) is 9.55 Å². The second-order valence-corrected chi connectivity index (χ2v) is 6.41. The Labute approximate surface area is 129 Å². The monoisotopic (exact) mass is 298 g/mol. The minimum Gasteiger partial charge on any atom is -0.322 e. The molecular formula is C18H19FN2O. The normalized spacial score (nSPS) is 20.7. The summed E-state index contributed by atoms with van der Waals surface area (Å²) in [5.41, 5.74) is 2.32. The summed E-state index contributed by atoms with van der Waals surface area (Å²) in [7, 11) is 0. The van der Waals surface area contributed by atoms with E-state index in [0.717, 1.165) is 36.9 Å². The van der Waals surface area contributed by atoms with Gasteiger partial charge in [-0.05, 0) is 24.5 Å². The van der Waals surface area contributed by atoms with Gasteiger partial charge < -0.3 is 4.57 Å². The van der Waals surface area contributed by atoms with Crippen LogP contribution in [0.4, 0.5) is 4.39 Å². The molecule has 0 N–H and O–H groups in total. The number of aromatic nitrogens is 2. The number of carbonyl (C=O) groups is 1. The number of carbonyl (C=O) groups excluding carboxylic acids is 1. The first-order chi connectivity index (χ1) is 10.8. The Morgan fingerprint density at radius 1 is 1.27 bits per heavy atom. The first-order valence-corrected chi connectivity index (χ1v) is 8.09. The van der Waals surface area contributed by atoms with E-state index in [2.05, 4.69) is 4.98 Å². The predicted molar refractivity (Wildman–Crippen MR) is 82.0 cm³/mol. The summed E-state index contributed by atoms with van der Waals surface area (Å²) in [5.74, 6) is 0.284. The highest BCUT2D eigenvalue weighted by Crippen LogP contribution is 2.43. The molecule has 0 amide bonds. The molecule has 22 heavy (non-hydrogen) atoms. The van der Waals surface area contributed by atoms with Gasteiger partial charge in [-0.1, -0.05) is 31.4 Å². The summed E-state index contributed by atoms with van der Waals surface area (Å²) in [5, 5.41) is 0. The summed E-state index contributed by atoms with van der Waals surface area (Å²) in [6.07, 6.45) is 9.43. The fourth-order valence-electron chi connectivity index (χ4n) is 3.98. The van der Waals surface area contributed by atoms with Crippen molar-refractivity contribution < 1.29 is 9.18 Å². The number of imidazole rings is 1. The molecule has 114 valence electrons. The van der Waals surface area contributed by atoms with Gasteiger partial charge in [0, 0.05) is 17.9 Å². The molecule has 2 aliphatic rings. The number of benzene rings is 1. The maximum absolute atomic E-state index is 14.2. The number of hydrogen-bond donors (Lipinski definition) is 0. The standard InChI is InChI=1S/C18H19FN2O/c19-14-8-4-7-13-15(21-11-20-10-16(21)18(13)14)9-17(22)12-5-2-1-3-6-12/h4,7-8,10-12,15H,1-3,5-6,9H2. The molecular weight excluding hydrogens is 279 g/mol. The molecule has 1 aromatic carbocycles. The van der Waals surface area contributed by atoms with Crippen molar-refractivity contribution in [2.75, 3.05) is 0 Å². The summed E-state index contributed by atoms with van der Waals surface area (Å²) in [6.45, 7) is 0. The molecule has 0 spiro atoms. The lowest BCUT2D eigenvalue weighted by Crippen LogP contribution is -2.21. The van der Waals surface area contributed by atoms with Crippen molar-refractivity contribution in [2.45, 2.75) is 44.6 Å². The van der Waals surface area contributed by atoms with Crippen LogP contribution < -0.4 is 0 Å². The van der Waals surface area contributed by atoms with E-state index in [-0.39, 0.29) is 17.8 Å². The molecule has 2 heterocycles. The van der Waals surface area contributed by atoms with Gasteiger partial charge in [-0.2, -0.15) is 0 Å². The topological polar surface area (TPSA) is 34.9 Å². The van der Waals surface area contributed by atoms with Crippen LogP contribution in [0, 0.1) is 11.7 Å². The average molecular weight is 298 g/mol. The molecule has 2 aromatic rings. The van der Waals surface area contributed by atoms with E-state index >= 15 is 0 Å². The number of hydrogen-bond acceptors (Lipinski definition) is 2. The van der Waals surface area contributed by atoms with Gasteiger partial charge in [0.15, 0.2) is 0 Å². The third-order valence-corrected chi connectivity index (χ3v) is 5.12. The minimum atomic E-state index is -0.230. The number of rotatable bonds is 3. The summed E-state index contributed by atoms with van der Waals surface area (Å²) in [6, 6.07) is 5.04. The van der Waals surface area contributed by atoms with E-state index in [0.29, 0.717) is 17.8 Å². The molecule has 4 heteroatoms. The summed E-state index contributed by atoms with van der Waals surface area (Å²) >= 11 is 0. The summed E-state index contributed by atoms with van der Waals surface area (Å²) < 4.78 is 16.1. The zero-order chi connectivity index (χ0) is 15.1. The minimum absolute atomic E-state index is 0.0994. The first-order valence-electron chi connectivity index (χ1n) is 8.09. The Hall–Kier alpha value is -1.97. The van der Waals surface area contributed by atoms with Crippen LogP contribution >= 0.6 is 0 Å². The number of fused-ring (bicyclic) bond motifs is 3. The van der Waals surface area contributed by atoms with Gasteiger partial charge in [0.1, 0.15) is 11.6 Å². The van der Waals surface area contributed by atoms with Crippen LogP contribution in [0.1, 0.15) is 50.1 Å². The highest BCUT2D eigenvalue weighted by molar-refractivity contribution is 5.83. The average Bonchev–Trinajstić information content (AvgIpc) is 3.11. The lowest BCUT2D eigenvalue weighted by atomic mass is 9.83. The molecule has 1 fully saturated rings. The quantitative estimate of drug-likeness (QED) is 0.854. The largest absolute Gasteiger partial charge is 0.322 e. The van der Waals surface area contributed by atoms with Crippen LogP contribution in [0.25, 0.3) is 11.3 Å². The molecule has 1 aliphatic carbocycles. The van der Waals surface area contributed by atoms with Gasteiger partial charge in [0.2, 0.25) is 0 Å². The zero-order valence-electron chi connectivity index (χ0n) is 12.5. The fraction of sp³-hybridized carbons (Fsp3) is 0.444. The second kappa shape index (κ2) is 5.34. The SMILES string of the molecule is O=C(CC1c2cccc(F)c2-c2cncn21)C1CCCCC1. The molecule has 0 saturated heterocycles. The molecule has 1 aromatic heterocycles. The van der Waals surface area contributed by atoms with Gasteiger partial charge in [-0.15, -0.1) is 0 Å². The summed E-state index contributed by atoms with van der Waals surface area (Å²) in [4.78, 5) is 16.8. The first kappa shape index (κ1) is 13.7. The van der Waals surface area contributed by atoms with Crippen LogP contribution in [0.15, 0.2) is 30.7 Å². The van der Waals surface area contributed by atoms with Crippen molar-refractivity contribution in [3.63, 3.8) is 0 Å². The number of ketones is 1. The number of Topliss-reactive ketones (excluding diaryl/α,β-unsaturated/α-hetero) is 1. The Morgan fingerprint density at radius 3 is 2.91 bits per heavy atom. The molecule has 3 nitrogen and oxygen atoms in total. The van der Waals surface area contributed by atoms with Gasteiger partial charge in [0.25, 0.3) is 0 Å². The van der Waals surface area contributed by atoms with E-state index in [1.807, 2.05) is 10.6 Å². The van der Waals surface area contributed by atoms with Gasteiger partial charge in [-0.25, -0.2) is 9.37 Å². The fourth-order valence-corrected chi connectivity index (χ4v) is 3.98. The highest BCUT2D eigenvalue weighted by atomic mass is 19.1. The molecule has 1 atom stereocenters. The number of halogens is 1. The van der Waals surface area contributed by atoms with Gasteiger partial charge in [0.05, 0.1) is 24.3 Å². The molecule has 1 unspecified atom stereocenters. The van der Waals surface area contributed by atoms with Gasteiger partial charge in [-0.3, -0.25) is 4.79 Å². The van der Waals surface area contributed by atoms with Crippen molar-refractivity contribution in [1.29, 1.82) is 0 Å². The van der Waals surface area contributed by atoms with E-state index in [9.17, 15) is 9.18 Å². The van der Waals surface area contributed by atoms with E-state index in [1.54, 1.807) is 18.6 Å². The molecule has 4 rings (SSSR count). The third kappa shape index (κ3) is 2.09. The Bertz CT molecular complexity index is 716. The molecule has 0 bridgehead atoms. The Morgan fingerprint density at radius 2 is 2.09 bits per heavy atom. The second-order valence-electron chi connectivity index (χ2n) is 6.41. The van der Waals surface area contributed by atoms with Crippen LogP contribution in [-0.2, 0) is 4.79 Å². The number of nitrogens with zero attached hydrogens (tertiary/aromatic N) is 2. The molecule has 1 aliphatic heterocycles. The van der Waals surface area contributed by atoms with E-state index in [4.69, 9.17) is 0 Å². The molecule has 1 saturated carbocycles. The lowest BCUT2D eigenvalue weighted by molar-refractivity contribution is -0.124. The van der Waals surface area contributed by atoms with Crippen molar-refractivity contribution >= 4 is 5.78 Å². The van der Waals surface area contributed by atoms with Crippen molar-refractivity contribution in [3.8, 4) is 11.3 Å². The highest BCUT2D eigenvalue weighted by Gasteiger charge is 2.33. The van der Waals surface area contributed by atoms with Crippen molar-refractivity contribution in [2.24, 2.45) is 5.92 Å². The maximum atomic E-state index is 14.2. The lowest BCUT2D eigenvalue weighted by Gasteiger charge is -2.22. The Balaban J connectivity index is 1.65. The van der Waals surface area contributed by atoms with E-state index < -0.39 is 0 Å². The zero-order valence-corrected chi connectivity index (χ0v) is 12.5. The maximum Gasteiger partial charge on any atom is 0.138 e. The van der Waals surface area contributed by atoms with Crippen LogP contribution in [-0.4, -0.2) is 15.3 Å². The van der Waals surface area contributed by atoms with Crippen molar-refractivity contribution in [3.05, 3.63) is 42.1 Å². The van der Waals surface area contributed by atoms with Crippen LogP contribution in [0.3, 0.4) is 0 Å². The third-order valence-electron chi connectivity index (χ3n) is 5.12. The predicted octanol–water partition coefficient (Wildman–Crippen LogP) is 4.13. The van der Waals surface area contributed by atoms with Crippen LogP contribution in [0.5, 0.6) is 0 Å². The van der Waals surface area contributed by atoms with Gasteiger partial charge >= 0.3 is 0 Å². The Kier molecular flexibility index (Phi) is 3.32. The van der Waals surface area contributed by atoms with Crippen LogP contribution in [0.2, 0.25) is 0 Å². The molecule has 0 radical (unpaired) electrons. The smallest absolute Gasteiger partial charge is 0.138 e. The van der Waals surface area contributed by atoms with E-state index in [1.165, 1.54) is 12.5 Å².